The highest BCUT2D eigenvalue weighted by Crippen LogP contribution is 2.22. The minimum atomic E-state index is -0.173. The second-order valence-corrected chi connectivity index (χ2v) is 5.97. The highest BCUT2D eigenvalue weighted by Gasteiger charge is 2.13. The van der Waals surface area contributed by atoms with Crippen molar-refractivity contribution in [3.63, 3.8) is 0 Å². The second kappa shape index (κ2) is 6.80. The van der Waals surface area contributed by atoms with E-state index in [0.29, 0.717) is 17.3 Å². The van der Waals surface area contributed by atoms with E-state index in [1.807, 2.05) is 67.6 Å². The van der Waals surface area contributed by atoms with Crippen molar-refractivity contribution in [2.45, 2.75) is 13.5 Å². The van der Waals surface area contributed by atoms with Gasteiger partial charge in [0.15, 0.2) is 0 Å². The van der Waals surface area contributed by atoms with Gasteiger partial charge < -0.3 is 4.42 Å². The van der Waals surface area contributed by atoms with E-state index in [1.54, 1.807) is 6.07 Å². The van der Waals surface area contributed by atoms with Crippen molar-refractivity contribution < 1.29 is 4.42 Å². The Labute approximate surface area is 150 Å². The molecule has 2 aromatic carbocycles. The first-order chi connectivity index (χ1) is 12.7. The van der Waals surface area contributed by atoms with Crippen LogP contribution in [-0.2, 0) is 6.54 Å². The third-order valence-electron chi connectivity index (χ3n) is 4.15. The summed E-state index contributed by atoms with van der Waals surface area (Å²) in [7, 11) is 0. The Bertz CT molecular complexity index is 1080. The van der Waals surface area contributed by atoms with E-state index in [4.69, 9.17) is 4.42 Å². The van der Waals surface area contributed by atoms with Crippen LogP contribution in [0.15, 0.2) is 82.0 Å². The predicted octanol–water partition coefficient (Wildman–Crippen LogP) is 3.92. The van der Waals surface area contributed by atoms with Crippen LogP contribution in [0, 0.1) is 6.92 Å². The minimum Gasteiger partial charge on any atom is -0.441 e. The lowest BCUT2D eigenvalue weighted by Gasteiger charge is -2.06. The molecule has 26 heavy (non-hydrogen) atoms. The molecule has 0 fully saturated rings. The molecule has 0 saturated heterocycles. The Morgan fingerprint density at radius 1 is 0.885 bits per heavy atom. The third-order valence-corrected chi connectivity index (χ3v) is 4.15. The van der Waals surface area contributed by atoms with E-state index < -0.39 is 0 Å². The van der Waals surface area contributed by atoms with Gasteiger partial charge in [-0.2, -0.15) is 5.10 Å². The van der Waals surface area contributed by atoms with Crippen molar-refractivity contribution in [3.05, 3.63) is 94.6 Å². The fraction of sp³-hybridized carbons (Fsp3) is 0.0952. The summed E-state index contributed by atoms with van der Waals surface area (Å²) in [6.45, 7) is 2.11. The molecule has 0 spiro atoms. The first-order valence-corrected chi connectivity index (χ1v) is 8.36. The maximum atomic E-state index is 12.2. The van der Waals surface area contributed by atoms with Crippen molar-refractivity contribution in [1.29, 1.82) is 0 Å². The highest BCUT2D eigenvalue weighted by molar-refractivity contribution is 5.57. The van der Waals surface area contributed by atoms with Gasteiger partial charge in [-0.25, -0.2) is 9.67 Å². The Morgan fingerprint density at radius 2 is 1.54 bits per heavy atom. The van der Waals surface area contributed by atoms with E-state index in [0.717, 1.165) is 16.8 Å². The molecule has 0 aliphatic carbocycles. The molecule has 0 N–H and O–H groups in total. The van der Waals surface area contributed by atoms with E-state index in [2.05, 4.69) is 10.1 Å². The number of oxazole rings is 1. The summed E-state index contributed by atoms with van der Waals surface area (Å²) >= 11 is 0. The van der Waals surface area contributed by atoms with Crippen LogP contribution in [0.3, 0.4) is 0 Å². The Balaban J connectivity index is 1.68. The van der Waals surface area contributed by atoms with Crippen LogP contribution in [0.25, 0.3) is 22.7 Å². The Morgan fingerprint density at radius 3 is 2.23 bits per heavy atom. The van der Waals surface area contributed by atoms with Gasteiger partial charge >= 0.3 is 0 Å². The monoisotopic (exact) mass is 343 g/mol. The summed E-state index contributed by atoms with van der Waals surface area (Å²) in [5, 5.41) is 4.48. The van der Waals surface area contributed by atoms with E-state index in [9.17, 15) is 4.79 Å². The van der Waals surface area contributed by atoms with Crippen molar-refractivity contribution in [1.82, 2.24) is 14.8 Å². The average Bonchev–Trinajstić information content (AvgIpc) is 3.05. The molecular weight excluding hydrogens is 326 g/mol. The molecule has 0 radical (unpaired) electrons. The summed E-state index contributed by atoms with van der Waals surface area (Å²) in [6, 6.07) is 22.7. The van der Waals surface area contributed by atoms with Gasteiger partial charge in [0.1, 0.15) is 11.5 Å². The van der Waals surface area contributed by atoms with Crippen molar-refractivity contribution in [2.75, 3.05) is 0 Å². The van der Waals surface area contributed by atoms with Gasteiger partial charge in [0.05, 0.1) is 12.2 Å². The molecule has 5 heteroatoms. The van der Waals surface area contributed by atoms with Gasteiger partial charge in [-0.1, -0.05) is 48.5 Å². The van der Waals surface area contributed by atoms with Crippen molar-refractivity contribution in [2.24, 2.45) is 0 Å². The zero-order chi connectivity index (χ0) is 17.9. The molecule has 0 atom stereocenters. The molecule has 5 nitrogen and oxygen atoms in total. The lowest BCUT2D eigenvalue weighted by atomic mass is 10.1. The minimum absolute atomic E-state index is 0.173. The molecule has 2 heterocycles. The van der Waals surface area contributed by atoms with Crippen molar-refractivity contribution >= 4 is 0 Å². The summed E-state index contributed by atoms with van der Waals surface area (Å²) in [4.78, 5) is 16.8. The number of benzene rings is 2. The fourth-order valence-corrected chi connectivity index (χ4v) is 2.75. The molecule has 0 bridgehead atoms. The maximum absolute atomic E-state index is 12.2. The number of aromatic nitrogens is 3. The van der Waals surface area contributed by atoms with Crippen LogP contribution < -0.4 is 5.56 Å². The van der Waals surface area contributed by atoms with Crippen LogP contribution in [0.2, 0.25) is 0 Å². The summed E-state index contributed by atoms with van der Waals surface area (Å²) in [5.41, 5.74) is 3.13. The quantitative estimate of drug-likeness (QED) is 0.563. The summed E-state index contributed by atoms with van der Waals surface area (Å²) in [6.07, 6.45) is 0. The van der Waals surface area contributed by atoms with Crippen LogP contribution >= 0.6 is 0 Å². The molecule has 0 saturated carbocycles. The Kier molecular flexibility index (Phi) is 4.19. The molecule has 4 aromatic rings. The molecule has 0 aliphatic heterocycles. The largest absolute Gasteiger partial charge is 0.441 e. The standard InChI is InChI=1S/C21H17N3O2/c1-15-19(22-21(26-15)17-10-6-3-7-11-17)14-24-20(25)13-12-18(23-24)16-8-4-2-5-9-16/h2-13H,14H2,1H3. The first kappa shape index (κ1) is 16.0. The lowest BCUT2D eigenvalue weighted by molar-refractivity contribution is 0.534. The van der Waals surface area contributed by atoms with E-state index in [1.165, 1.54) is 10.7 Å². The van der Waals surface area contributed by atoms with Crippen LogP contribution in [0.1, 0.15) is 11.5 Å². The number of hydrogen-bond donors (Lipinski definition) is 0. The first-order valence-electron chi connectivity index (χ1n) is 8.36. The van der Waals surface area contributed by atoms with Crippen molar-refractivity contribution in [3.8, 4) is 22.7 Å². The molecule has 0 amide bonds. The van der Waals surface area contributed by atoms with Gasteiger partial charge in [0, 0.05) is 17.2 Å². The lowest BCUT2D eigenvalue weighted by Crippen LogP contribution is -2.23. The number of rotatable bonds is 4. The van der Waals surface area contributed by atoms with Gasteiger partial charge in [-0.15, -0.1) is 0 Å². The van der Waals surface area contributed by atoms with Crippen LogP contribution in [-0.4, -0.2) is 14.8 Å². The maximum Gasteiger partial charge on any atom is 0.267 e. The van der Waals surface area contributed by atoms with Gasteiger partial charge in [-0.3, -0.25) is 4.79 Å². The molecule has 4 rings (SSSR count). The van der Waals surface area contributed by atoms with E-state index >= 15 is 0 Å². The third kappa shape index (κ3) is 3.19. The topological polar surface area (TPSA) is 60.9 Å². The molecular formula is C21H17N3O2. The van der Waals surface area contributed by atoms with Gasteiger partial charge in [0.2, 0.25) is 5.89 Å². The van der Waals surface area contributed by atoms with Crippen LogP contribution in [0.5, 0.6) is 0 Å². The summed E-state index contributed by atoms with van der Waals surface area (Å²) < 4.78 is 7.19. The molecule has 2 aromatic heterocycles. The highest BCUT2D eigenvalue weighted by atomic mass is 16.4. The van der Waals surface area contributed by atoms with Crippen LogP contribution in [0.4, 0.5) is 0 Å². The summed E-state index contributed by atoms with van der Waals surface area (Å²) in [5.74, 6) is 1.23. The predicted molar refractivity (Wildman–Crippen MR) is 99.7 cm³/mol. The normalized spacial score (nSPS) is 10.8. The van der Waals surface area contributed by atoms with Gasteiger partial charge in [0.25, 0.3) is 5.56 Å². The van der Waals surface area contributed by atoms with Gasteiger partial charge in [-0.05, 0) is 25.1 Å². The van der Waals surface area contributed by atoms with E-state index in [-0.39, 0.29) is 12.1 Å². The molecule has 128 valence electrons. The average molecular weight is 343 g/mol. The number of hydrogen-bond acceptors (Lipinski definition) is 4. The zero-order valence-corrected chi connectivity index (χ0v) is 14.3. The molecule has 0 unspecified atom stereocenters. The smallest absolute Gasteiger partial charge is 0.267 e. The number of aryl methyl sites for hydroxylation is 1. The second-order valence-electron chi connectivity index (χ2n) is 5.97. The SMILES string of the molecule is Cc1oc(-c2ccccc2)nc1Cn1nc(-c2ccccc2)ccc1=O. The molecule has 0 aliphatic rings. The zero-order valence-electron chi connectivity index (χ0n) is 14.3. The fourth-order valence-electron chi connectivity index (χ4n) is 2.75. The number of nitrogens with zero attached hydrogens (tertiary/aromatic N) is 3. The Hall–Kier alpha value is -3.47.